The normalized spacial score (nSPS) is 15.7. The first kappa shape index (κ1) is 40.2. The van der Waals surface area contributed by atoms with E-state index in [1.165, 1.54) is 38.2 Å². The Morgan fingerprint density at radius 3 is 1.85 bits per heavy atom. The topological polar surface area (TPSA) is 110 Å². The lowest BCUT2D eigenvalue weighted by atomic mass is 10.0. The molecule has 1 aliphatic heterocycles. The molecule has 0 aliphatic carbocycles. The lowest BCUT2D eigenvalue weighted by molar-refractivity contribution is -0.139. The lowest BCUT2D eigenvalue weighted by Gasteiger charge is -2.34. The van der Waals surface area contributed by atoms with Crippen LogP contribution in [0.1, 0.15) is 32.0 Å². The Bertz CT molecular complexity index is 2220. The van der Waals surface area contributed by atoms with E-state index in [2.05, 4.69) is 32.9 Å². The Kier molecular flexibility index (Phi) is 13.2. The van der Waals surface area contributed by atoms with Crippen LogP contribution in [0.4, 0.5) is 0 Å². The minimum atomic E-state index is -3.87. The average molecular weight is 741 g/mol. The zero-order chi connectivity index (χ0) is 39.6. The van der Waals surface area contributed by atoms with Gasteiger partial charge in [-0.25, -0.2) is 9.80 Å². The van der Waals surface area contributed by atoms with Gasteiger partial charge in [0.15, 0.2) is 0 Å². The summed E-state index contributed by atoms with van der Waals surface area (Å²) in [6.45, 7) is 22.9. The molecule has 0 saturated carbocycles. The van der Waals surface area contributed by atoms with Crippen molar-refractivity contribution in [3.05, 3.63) is 189 Å². The molecule has 2 unspecified atom stereocenters. The molecule has 0 saturated heterocycles. The minimum absolute atomic E-state index is 0.177. The first-order chi connectivity index (χ1) is 25.8. The highest BCUT2D eigenvalue weighted by atomic mass is 31.2. The van der Waals surface area contributed by atoms with Gasteiger partial charge in [-0.15, -0.1) is 0 Å². The summed E-state index contributed by atoms with van der Waals surface area (Å²) in [6.07, 6.45) is 12.8. The number of carbonyl (C=O) groups excluding carboxylic acids is 4. The number of ether oxygens (including phenoxy) is 1. The van der Waals surface area contributed by atoms with E-state index in [-0.39, 0.29) is 11.5 Å². The maximum absolute atomic E-state index is 15.6. The molecule has 54 heavy (non-hydrogen) atoms. The van der Waals surface area contributed by atoms with Crippen molar-refractivity contribution in [3.8, 4) is 22.6 Å². The smallest absolute Gasteiger partial charge is 0.289 e. The van der Waals surface area contributed by atoms with E-state index in [4.69, 9.17) is 9.26 Å². The molecule has 274 valence electrons. The van der Waals surface area contributed by atoms with Crippen LogP contribution < -0.4 is 14.6 Å². The summed E-state index contributed by atoms with van der Waals surface area (Å²) in [4.78, 5) is 51.4. The van der Waals surface area contributed by atoms with Crippen molar-refractivity contribution < 1.29 is 33.0 Å². The van der Waals surface area contributed by atoms with Crippen molar-refractivity contribution in [1.29, 1.82) is 0 Å². The van der Waals surface area contributed by atoms with Crippen LogP contribution in [0.5, 0.6) is 11.5 Å². The van der Waals surface area contributed by atoms with Crippen LogP contribution >= 0.6 is 7.37 Å². The van der Waals surface area contributed by atoms with E-state index in [9.17, 15) is 19.2 Å². The Morgan fingerprint density at radius 1 is 0.722 bits per heavy atom. The Hall–Kier alpha value is -6.57. The molecule has 0 aromatic heterocycles. The van der Waals surface area contributed by atoms with Crippen molar-refractivity contribution in [2.24, 2.45) is 0 Å². The molecule has 0 radical (unpaired) electrons. The van der Waals surface area contributed by atoms with Gasteiger partial charge in [0.2, 0.25) is 11.8 Å². The largest absolute Gasteiger partial charge is 0.458 e. The molecule has 4 amide bonds. The number of rotatable bonds is 14. The number of nitrogens with zero attached hydrogens (tertiary/aromatic N) is 2. The quantitative estimate of drug-likeness (QED) is 0.0702. The predicted molar refractivity (Wildman–Crippen MR) is 214 cm³/mol. The fourth-order valence-corrected chi connectivity index (χ4v) is 8.80. The number of fused-ring (bicyclic) bond motifs is 3. The van der Waals surface area contributed by atoms with Crippen molar-refractivity contribution in [2.45, 2.75) is 26.4 Å². The molecule has 0 N–H and O–H groups in total. The Balaban J connectivity index is 1.81. The fourth-order valence-electron chi connectivity index (χ4n) is 5.89. The van der Waals surface area contributed by atoms with E-state index in [0.717, 1.165) is 33.1 Å². The fraction of sp³-hybridized carbons (Fsp3) is 0.0909. The molecule has 2 atom stereocenters. The number of hydrogen-bond acceptors (Lipinski definition) is 7. The SMILES string of the molecule is C=CC(=O)N(C(C)=O)/C(C=C)=C/C=C(\C=C)C(c1ccc(OC(=C)/C=C\C(=C/C)N(C(C)=O)C(=O)C=C)cc1)P1(=O)Oc2ccccc2-c2ccccc21. The molecule has 0 spiro atoms. The van der Waals surface area contributed by atoms with Crippen LogP contribution in [0.25, 0.3) is 11.1 Å². The number of hydrogen-bond donors (Lipinski definition) is 0. The van der Waals surface area contributed by atoms with Crippen molar-refractivity contribution >= 4 is 36.3 Å². The molecule has 4 rings (SSSR count). The summed E-state index contributed by atoms with van der Waals surface area (Å²) in [5.41, 5.74) is 2.17. The van der Waals surface area contributed by atoms with Gasteiger partial charge < -0.3 is 9.26 Å². The number of imide groups is 2. The Labute approximate surface area is 316 Å². The molecular weight excluding hydrogens is 699 g/mol. The zero-order valence-electron chi connectivity index (χ0n) is 30.4. The van der Waals surface area contributed by atoms with Crippen LogP contribution in [0.15, 0.2) is 183 Å². The molecule has 3 aromatic rings. The molecular formula is C44H41N2O7P. The van der Waals surface area contributed by atoms with Crippen LogP contribution in [-0.2, 0) is 23.7 Å². The van der Waals surface area contributed by atoms with E-state index in [1.54, 1.807) is 67.6 Å². The molecule has 0 bridgehead atoms. The van der Waals surface area contributed by atoms with E-state index >= 15 is 4.57 Å². The van der Waals surface area contributed by atoms with Gasteiger partial charge in [0, 0.05) is 25.1 Å². The highest BCUT2D eigenvalue weighted by Gasteiger charge is 2.45. The number of amides is 4. The standard InChI is InChI=1S/C44H41N2O7P/c1-9-33(23-27-36(11-3)46(32(8)48)43(50)13-5)44(54(51)41-21-17-15-19-39(41)38-18-14-16-20-40(38)53-54)34-24-28-37(29-25-34)52-30(6)22-26-35(10-2)45(31(7)47)42(49)12-4/h9-29,44H,1,3-6H2,2,7-8H3/b26-22-,33-23+,35-10+,36-27+. The molecule has 9 nitrogen and oxygen atoms in total. The summed E-state index contributed by atoms with van der Waals surface area (Å²) in [5.74, 6) is -1.17. The van der Waals surface area contributed by atoms with Crippen LogP contribution in [0.2, 0.25) is 0 Å². The third-order valence-electron chi connectivity index (χ3n) is 8.31. The summed E-state index contributed by atoms with van der Waals surface area (Å²) < 4.78 is 28.1. The van der Waals surface area contributed by atoms with Gasteiger partial charge in [-0.1, -0.05) is 99.7 Å². The maximum Gasteiger partial charge on any atom is 0.289 e. The van der Waals surface area contributed by atoms with Crippen molar-refractivity contribution in [2.75, 3.05) is 0 Å². The summed E-state index contributed by atoms with van der Waals surface area (Å²) >= 11 is 0. The van der Waals surface area contributed by atoms with Crippen LogP contribution in [0.3, 0.4) is 0 Å². The first-order valence-corrected chi connectivity index (χ1v) is 18.4. The van der Waals surface area contributed by atoms with Gasteiger partial charge in [0.05, 0.1) is 11.0 Å². The second-order valence-electron chi connectivity index (χ2n) is 11.7. The van der Waals surface area contributed by atoms with Gasteiger partial charge in [0.1, 0.15) is 22.9 Å². The molecule has 3 aromatic carbocycles. The highest BCUT2D eigenvalue weighted by molar-refractivity contribution is 7.68. The minimum Gasteiger partial charge on any atom is -0.458 e. The summed E-state index contributed by atoms with van der Waals surface area (Å²) in [7, 11) is -3.87. The highest BCUT2D eigenvalue weighted by Crippen LogP contribution is 2.66. The van der Waals surface area contributed by atoms with E-state index < -0.39 is 36.7 Å². The third kappa shape index (κ3) is 8.55. The number of allylic oxidation sites excluding steroid dienone is 8. The number of para-hydroxylation sites is 1. The summed E-state index contributed by atoms with van der Waals surface area (Å²) in [6, 6.07) is 21.6. The third-order valence-corrected chi connectivity index (χ3v) is 11.1. The van der Waals surface area contributed by atoms with Gasteiger partial charge in [-0.3, -0.25) is 23.7 Å². The first-order valence-electron chi connectivity index (χ1n) is 16.7. The lowest BCUT2D eigenvalue weighted by Crippen LogP contribution is -2.32. The number of carbonyl (C=O) groups is 4. The maximum atomic E-state index is 15.6. The van der Waals surface area contributed by atoms with Crippen molar-refractivity contribution in [3.63, 3.8) is 0 Å². The van der Waals surface area contributed by atoms with Gasteiger partial charge >= 0.3 is 0 Å². The van der Waals surface area contributed by atoms with E-state index in [1.807, 2.05) is 30.3 Å². The van der Waals surface area contributed by atoms with Crippen LogP contribution in [0, 0.1) is 0 Å². The van der Waals surface area contributed by atoms with Crippen LogP contribution in [-0.4, -0.2) is 33.4 Å². The summed E-state index contributed by atoms with van der Waals surface area (Å²) in [5, 5.41) is 0.509. The second-order valence-corrected chi connectivity index (χ2v) is 14.1. The average Bonchev–Trinajstić information content (AvgIpc) is 3.17. The monoisotopic (exact) mass is 740 g/mol. The molecule has 1 aliphatic rings. The zero-order valence-corrected chi connectivity index (χ0v) is 31.3. The Morgan fingerprint density at radius 2 is 1.30 bits per heavy atom. The van der Waals surface area contributed by atoms with E-state index in [0.29, 0.717) is 33.6 Å². The second kappa shape index (κ2) is 17.8. The van der Waals surface area contributed by atoms with Gasteiger partial charge in [-0.2, -0.15) is 0 Å². The van der Waals surface area contributed by atoms with Crippen molar-refractivity contribution in [1.82, 2.24) is 9.80 Å². The predicted octanol–water partition coefficient (Wildman–Crippen LogP) is 9.05. The molecule has 0 fully saturated rings. The number of benzene rings is 3. The van der Waals surface area contributed by atoms with Gasteiger partial charge in [-0.05, 0) is 84.3 Å². The molecule has 10 heteroatoms. The van der Waals surface area contributed by atoms with Gasteiger partial charge in [0.25, 0.3) is 19.2 Å². The molecule has 1 heterocycles.